The van der Waals surface area contributed by atoms with Gasteiger partial charge in [0.1, 0.15) is 0 Å². The highest BCUT2D eigenvalue weighted by Crippen LogP contribution is 2.26. The first-order valence-corrected chi connectivity index (χ1v) is 4.95. The van der Waals surface area contributed by atoms with Gasteiger partial charge < -0.3 is 10.2 Å². The number of nitrogens with zero attached hydrogens (tertiary/aromatic N) is 1. The molecule has 1 heterocycles. The molecule has 0 atom stereocenters. The van der Waals surface area contributed by atoms with Gasteiger partial charge in [-0.15, -0.1) is 0 Å². The summed E-state index contributed by atoms with van der Waals surface area (Å²) in [4.78, 5) is 13.1. The molecule has 1 aliphatic rings. The largest absolute Gasteiger partial charge is 0.312 e. The van der Waals surface area contributed by atoms with Crippen molar-refractivity contribution in [2.75, 3.05) is 11.9 Å². The zero-order chi connectivity index (χ0) is 10.8. The fourth-order valence-electron chi connectivity index (χ4n) is 1.88. The average Bonchev–Trinajstić information content (AvgIpc) is 2.74. The van der Waals surface area contributed by atoms with E-state index < -0.39 is 0 Å². The van der Waals surface area contributed by atoms with Crippen LogP contribution in [0.3, 0.4) is 0 Å². The molecule has 1 amide bonds. The second-order valence-electron chi connectivity index (χ2n) is 3.62. The summed E-state index contributed by atoms with van der Waals surface area (Å²) >= 11 is 0. The molecule has 0 aromatic heterocycles. The Balaban J connectivity index is 2.40. The Morgan fingerprint density at radius 1 is 1.53 bits per heavy atom. The van der Waals surface area contributed by atoms with Crippen molar-refractivity contribution in [2.24, 2.45) is 0 Å². The maximum atomic E-state index is 11.5. The highest BCUT2D eigenvalue weighted by molar-refractivity contribution is 6.01. The summed E-state index contributed by atoms with van der Waals surface area (Å²) in [6, 6.07) is 6.03. The van der Waals surface area contributed by atoms with Crippen molar-refractivity contribution in [1.29, 1.82) is 0 Å². The third-order valence-corrected chi connectivity index (χ3v) is 2.73. The first kappa shape index (κ1) is 9.93. The summed E-state index contributed by atoms with van der Waals surface area (Å²) in [6.07, 6.45) is 1.34. The molecule has 78 valence electrons. The molecule has 0 bridgehead atoms. The Kier molecular flexibility index (Phi) is 2.56. The van der Waals surface area contributed by atoms with Crippen molar-refractivity contribution in [3.05, 3.63) is 42.0 Å². The molecule has 1 aromatic carbocycles. The molecule has 0 saturated heterocycles. The number of fused-ring (bicyclic) bond motifs is 1. The Morgan fingerprint density at radius 2 is 2.33 bits per heavy atom. The minimum Gasteiger partial charge on any atom is -0.312 e. The van der Waals surface area contributed by atoms with E-state index in [1.54, 1.807) is 11.9 Å². The normalized spacial score (nSPS) is 13.4. The average molecular weight is 202 g/mol. The Labute approximate surface area is 89.4 Å². The van der Waals surface area contributed by atoms with Gasteiger partial charge in [0.05, 0.1) is 0 Å². The van der Waals surface area contributed by atoms with Gasteiger partial charge in [-0.05, 0) is 23.3 Å². The van der Waals surface area contributed by atoms with E-state index in [-0.39, 0.29) is 5.91 Å². The third-order valence-electron chi connectivity index (χ3n) is 2.73. The molecule has 15 heavy (non-hydrogen) atoms. The number of likely N-dealkylation sites (N-methyl/N-ethyl adjacent to an activating group) is 1. The minimum absolute atomic E-state index is 0.0738. The molecule has 1 aliphatic heterocycles. The van der Waals surface area contributed by atoms with E-state index in [0.717, 1.165) is 18.8 Å². The quantitative estimate of drug-likeness (QED) is 0.736. The number of amides is 1. The molecule has 0 aliphatic carbocycles. The molecule has 1 aromatic rings. The van der Waals surface area contributed by atoms with Crippen molar-refractivity contribution in [3.63, 3.8) is 0 Å². The fraction of sp³-hybridized carbons (Fsp3) is 0.250. The maximum Gasteiger partial charge on any atom is 0.250 e. The molecule has 0 radical (unpaired) electrons. The zero-order valence-electron chi connectivity index (χ0n) is 8.79. The van der Waals surface area contributed by atoms with Crippen molar-refractivity contribution in [2.45, 2.75) is 13.1 Å². The lowest BCUT2D eigenvalue weighted by Gasteiger charge is -2.18. The molecule has 0 saturated carbocycles. The van der Waals surface area contributed by atoms with Crippen LogP contribution in [0, 0.1) is 0 Å². The van der Waals surface area contributed by atoms with E-state index in [4.69, 9.17) is 0 Å². The summed E-state index contributed by atoms with van der Waals surface area (Å²) in [7, 11) is 1.78. The van der Waals surface area contributed by atoms with Gasteiger partial charge in [0.15, 0.2) is 0 Å². The van der Waals surface area contributed by atoms with Crippen LogP contribution in [0.2, 0.25) is 0 Å². The summed E-state index contributed by atoms with van der Waals surface area (Å²) < 4.78 is 0. The zero-order valence-corrected chi connectivity index (χ0v) is 8.79. The van der Waals surface area contributed by atoms with Crippen LogP contribution in [0.5, 0.6) is 0 Å². The first-order valence-electron chi connectivity index (χ1n) is 4.95. The van der Waals surface area contributed by atoms with Gasteiger partial charge in [-0.1, -0.05) is 18.7 Å². The minimum atomic E-state index is -0.0738. The molecule has 3 heteroatoms. The van der Waals surface area contributed by atoms with Gasteiger partial charge in [0, 0.05) is 25.8 Å². The predicted octanol–water partition coefficient (Wildman–Crippen LogP) is 1.44. The molecule has 1 N–H and O–H groups in total. The smallest absolute Gasteiger partial charge is 0.250 e. The van der Waals surface area contributed by atoms with Gasteiger partial charge in [-0.3, -0.25) is 4.79 Å². The van der Waals surface area contributed by atoms with Gasteiger partial charge in [-0.25, -0.2) is 0 Å². The lowest BCUT2D eigenvalue weighted by atomic mass is 10.1. The van der Waals surface area contributed by atoms with Crippen LogP contribution in [-0.4, -0.2) is 13.0 Å². The molecule has 0 spiro atoms. The highest BCUT2D eigenvalue weighted by Gasteiger charge is 2.17. The Bertz CT molecular complexity index is 412. The van der Waals surface area contributed by atoms with E-state index in [1.807, 2.05) is 12.1 Å². The predicted molar refractivity (Wildman–Crippen MR) is 60.6 cm³/mol. The Morgan fingerprint density at radius 3 is 3.07 bits per heavy atom. The number of nitrogens with one attached hydrogen (secondary N) is 1. The second kappa shape index (κ2) is 3.87. The van der Waals surface area contributed by atoms with Crippen LogP contribution >= 0.6 is 0 Å². The third kappa shape index (κ3) is 1.66. The second-order valence-corrected chi connectivity index (χ2v) is 3.62. The van der Waals surface area contributed by atoms with Gasteiger partial charge in [-0.2, -0.15) is 0 Å². The lowest BCUT2D eigenvalue weighted by Crippen LogP contribution is -2.25. The molecular weight excluding hydrogens is 188 g/mol. The number of carbonyl (C=O) groups is 1. The monoisotopic (exact) mass is 202 g/mol. The SMILES string of the molecule is C=CC(=O)N(C)c1cccc2c1CNC2. The molecule has 3 nitrogen and oxygen atoms in total. The number of benzene rings is 1. The highest BCUT2D eigenvalue weighted by atomic mass is 16.2. The first-order chi connectivity index (χ1) is 7.24. The van der Waals surface area contributed by atoms with Crippen LogP contribution in [0.15, 0.2) is 30.9 Å². The van der Waals surface area contributed by atoms with E-state index >= 15 is 0 Å². The molecule has 2 rings (SSSR count). The van der Waals surface area contributed by atoms with Crippen molar-refractivity contribution in [1.82, 2.24) is 5.32 Å². The fourth-order valence-corrected chi connectivity index (χ4v) is 1.88. The summed E-state index contributed by atoms with van der Waals surface area (Å²) in [6.45, 7) is 5.22. The lowest BCUT2D eigenvalue weighted by molar-refractivity contribution is -0.113. The van der Waals surface area contributed by atoms with Gasteiger partial charge in [0.25, 0.3) is 0 Å². The van der Waals surface area contributed by atoms with Crippen LogP contribution in [0.25, 0.3) is 0 Å². The van der Waals surface area contributed by atoms with Gasteiger partial charge in [0.2, 0.25) is 5.91 Å². The summed E-state index contributed by atoms with van der Waals surface area (Å²) in [5.41, 5.74) is 3.47. The standard InChI is InChI=1S/C12H14N2O/c1-3-12(15)14(2)11-6-4-5-9-7-13-8-10(9)11/h3-6,13H,1,7-8H2,2H3. The van der Waals surface area contributed by atoms with E-state index in [2.05, 4.69) is 18.0 Å². The van der Waals surface area contributed by atoms with Gasteiger partial charge >= 0.3 is 0 Å². The Hall–Kier alpha value is -1.61. The molecule has 0 fully saturated rings. The number of rotatable bonds is 2. The van der Waals surface area contributed by atoms with E-state index in [0.29, 0.717) is 0 Å². The molecular formula is C12H14N2O. The van der Waals surface area contributed by atoms with Crippen molar-refractivity contribution >= 4 is 11.6 Å². The summed E-state index contributed by atoms with van der Waals surface area (Å²) in [5, 5.41) is 3.28. The topological polar surface area (TPSA) is 32.3 Å². The maximum absolute atomic E-state index is 11.5. The molecule has 0 unspecified atom stereocenters. The van der Waals surface area contributed by atoms with Crippen molar-refractivity contribution in [3.8, 4) is 0 Å². The van der Waals surface area contributed by atoms with Crippen LogP contribution in [0.1, 0.15) is 11.1 Å². The number of hydrogen-bond acceptors (Lipinski definition) is 2. The van der Waals surface area contributed by atoms with Crippen LogP contribution < -0.4 is 10.2 Å². The van der Waals surface area contributed by atoms with Crippen LogP contribution in [-0.2, 0) is 17.9 Å². The number of hydrogen-bond donors (Lipinski definition) is 1. The van der Waals surface area contributed by atoms with Crippen molar-refractivity contribution < 1.29 is 4.79 Å². The van der Waals surface area contributed by atoms with Crippen LogP contribution in [0.4, 0.5) is 5.69 Å². The van der Waals surface area contributed by atoms with E-state index in [9.17, 15) is 4.79 Å². The number of carbonyl (C=O) groups excluding carboxylic acids is 1. The number of anilines is 1. The van der Waals surface area contributed by atoms with E-state index in [1.165, 1.54) is 17.2 Å². The summed E-state index contributed by atoms with van der Waals surface area (Å²) in [5.74, 6) is -0.0738.